The third kappa shape index (κ3) is 4.25. The van der Waals surface area contributed by atoms with Crippen LogP contribution in [0.25, 0.3) is 0 Å². The number of methoxy groups -OCH3 is 2. The van der Waals surface area contributed by atoms with Gasteiger partial charge in [0.1, 0.15) is 0 Å². The van der Waals surface area contributed by atoms with Gasteiger partial charge in [-0.15, -0.1) is 0 Å². The van der Waals surface area contributed by atoms with Gasteiger partial charge in [-0.25, -0.2) is 0 Å². The van der Waals surface area contributed by atoms with Crippen molar-refractivity contribution in [3.63, 3.8) is 0 Å². The van der Waals surface area contributed by atoms with E-state index < -0.39 is 5.97 Å². The SMILES string of the molecule is COc1cc(Br)c(C(c2ccccn2)N2CCCC(C(=O)O)C2)cc1OC. The fourth-order valence-corrected chi connectivity index (χ4v) is 4.14. The molecule has 1 saturated heterocycles. The number of hydrogen-bond acceptors (Lipinski definition) is 5. The Labute approximate surface area is 167 Å². The standard InChI is InChI=1S/C20H23BrN2O4/c1-26-17-10-14(15(21)11-18(17)27-2)19(16-7-3-4-8-22-16)23-9-5-6-13(12-23)20(24)25/h3-4,7-8,10-11,13,19H,5-6,9,12H2,1-2H3,(H,24,25). The van der Waals surface area contributed by atoms with E-state index in [4.69, 9.17) is 9.47 Å². The largest absolute Gasteiger partial charge is 0.493 e. The van der Waals surface area contributed by atoms with Crippen molar-refractivity contribution in [2.45, 2.75) is 18.9 Å². The summed E-state index contributed by atoms with van der Waals surface area (Å²) in [6.07, 6.45) is 3.30. The zero-order valence-corrected chi connectivity index (χ0v) is 17.0. The van der Waals surface area contributed by atoms with Crippen molar-refractivity contribution in [2.75, 3.05) is 27.3 Å². The number of likely N-dealkylation sites (tertiary alicyclic amines) is 1. The predicted octanol–water partition coefficient (Wildman–Crippen LogP) is 3.75. The molecule has 0 bridgehead atoms. The molecule has 7 heteroatoms. The van der Waals surface area contributed by atoms with Crippen molar-refractivity contribution in [1.29, 1.82) is 0 Å². The number of aromatic nitrogens is 1. The number of pyridine rings is 1. The van der Waals surface area contributed by atoms with E-state index in [1.165, 1.54) is 0 Å². The van der Waals surface area contributed by atoms with Gasteiger partial charge >= 0.3 is 5.97 Å². The van der Waals surface area contributed by atoms with Crippen molar-refractivity contribution < 1.29 is 19.4 Å². The molecule has 2 unspecified atom stereocenters. The lowest BCUT2D eigenvalue weighted by Gasteiger charge is -2.37. The van der Waals surface area contributed by atoms with Gasteiger partial charge in [0.2, 0.25) is 0 Å². The number of aliphatic carboxylic acids is 1. The number of carbonyl (C=O) groups is 1. The Bertz CT molecular complexity index is 800. The molecular formula is C20H23BrN2O4. The Morgan fingerprint density at radius 3 is 2.67 bits per heavy atom. The second-order valence-corrected chi connectivity index (χ2v) is 7.41. The molecule has 0 spiro atoms. The van der Waals surface area contributed by atoms with Crippen molar-refractivity contribution in [3.05, 3.63) is 52.3 Å². The van der Waals surface area contributed by atoms with E-state index in [0.717, 1.165) is 28.7 Å². The number of benzene rings is 1. The van der Waals surface area contributed by atoms with Gasteiger partial charge in [0.15, 0.2) is 11.5 Å². The highest BCUT2D eigenvalue weighted by Crippen LogP contribution is 2.41. The van der Waals surface area contributed by atoms with Gasteiger partial charge in [-0.05, 0) is 49.2 Å². The smallest absolute Gasteiger partial charge is 0.307 e. The zero-order chi connectivity index (χ0) is 19.4. The monoisotopic (exact) mass is 434 g/mol. The Morgan fingerprint density at radius 1 is 1.30 bits per heavy atom. The number of piperidine rings is 1. The molecule has 0 saturated carbocycles. The van der Waals surface area contributed by atoms with Gasteiger partial charge in [-0.2, -0.15) is 0 Å². The van der Waals surface area contributed by atoms with Crippen molar-refractivity contribution >= 4 is 21.9 Å². The lowest BCUT2D eigenvalue weighted by Crippen LogP contribution is -2.41. The first-order chi connectivity index (χ1) is 13.0. The first-order valence-corrected chi connectivity index (χ1v) is 9.63. The van der Waals surface area contributed by atoms with Crippen LogP contribution in [0.1, 0.15) is 30.1 Å². The maximum Gasteiger partial charge on any atom is 0.307 e. The summed E-state index contributed by atoms with van der Waals surface area (Å²) >= 11 is 3.65. The Kier molecular flexibility index (Phi) is 6.34. The van der Waals surface area contributed by atoms with E-state index in [1.54, 1.807) is 20.4 Å². The molecule has 0 amide bonds. The predicted molar refractivity (Wildman–Crippen MR) is 105 cm³/mol. The Balaban J connectivity index is 2.07. The summed E-state index contributed by atoms with van der Waals surface area (Å²) in [5.74, 6) is 0.146. The van der Waals surface area contributed by atoms with Crippen molar-refractivity contribution in [1.82, 2.24) is 9.88 Å². The van der Waals surface area contributed by atoms with E-state index in [-0.39, 0.29) is 12.0 Å². The molecule has 1 aromatic heterocycles. The van der Waals surface area contributed by atoms with Crippen molar-refractivity contribution in [2.24, 2.45) is 5.92 Å². The second kappa shape index (κ2) is 8.71. The van der Waals surface area contributed by atoms with Crippen LogP contribution in [0, 0.1) is 5.92 Å². The third-order valence-electron chi connectivity index (χ3n) is 4.93. The van der Waals surface area contributed by atoms with Gasteiger partial charge < -0.3 is 14.6 Å². The van der Waals surface area contributed by atoms with Crippen LogP contribution in [0.3, 0.4) is 0 Å². The molecule has 1 fully saturated rings. The highest BCUT2D eigenvalue weighted by Gasteiger charge is 2.33. The zero-order valence-electron chi connectivity index (χ0n) is 15.4. The molecule has 0 radical (unpaired) electrons. The molecule has 0 aliphatic carbocycles. The fraction of sp³-hybridized carbons (Fsp3) is 0.400. The second-order valence-electron chi connectivity index (χ2n) is 6.56. The summed E-state index contributed by atoms with van der Waals surface area (Å²) in [6.45, 7) is 1.29. The molecule has 1 aromatic carbocycles. The highest BCUT2D eigenvalue weighted by atomic mass is 79.9. The van der Waals surface area contributed by atoms with Crippen LogP contribution >= 0.6 is 15.9 Å². The molecule has 1 N–H and O–H groups in total. The first-order valence-electron chi connectivity index (χ1n) is 8.84. The molecule has 2 atom stereocenters. The number of carboxylic acids is 1. The average Bonchev–Trinajstić information content (AvgIpc) is 2.70. The average molecular weight is 435 g/mol. The summed E-state index contributed by atoms with van der Waals surface area (Å²) < 4.78 is 11.7. The minimum atomic E-state index is -0.745. The highest BCUT2D eigenvalue weighted by molar-refractivity contribution is 9.10. The maximum atomic E-state index is 11.6. The molecule has 1 aliphatic rings. The lowest BCUT2D eigenvalue weighted by molar-refractivity contribution is -0.143. The number of halogens is 1. The number of hydrogen-bond donors (Lipinski definition) is 1. The maximum absolute atomic E-state index is 11.6. The topological polar surface area (TPSA) is 71.9 Å². The van der Waals surface area contributed by atoms with Crippen LogP contribution in [0.5, 0.6) is 11.5 Å². The van der Waals surface area contributed by atoms with E-state index in [9.17, 15) is 9.90 Å². The lowest BCUT2D eigenvalue weighted by atomic mass is 9.93. The summed E-state index contributed by atoms with van der Waals surface area (Å²) in [7, 11) is 3.20. The van der Waals surface area contributed by atoms with E-state index in [0.29, 0.717) is 24.5 Å². The van der Waals surface area contributed by atoms with Crippen LogP contribution in [-0.4, -0.2) is 48.3 Å². The summed E-state index contributed by atoms with van der Waals surface area (Å²) in [5, 5.41) is 9.50. The Hall–Kier alpha value is -2.12. The van der Waals surface area contributed by atoms with Gasteiger partial charge in [-0.3, -0.25) is 14.7 Å². The molecule has 27 heavy (non-hydrogen) atoms. The number of rotatable bonds is 6. The van der Waals surface area contributed by atoms with Gasteiger partial charge in [0.25, 0.3) is 0 Å². The molecule has 1 aliphatic heterocycles. The third-order valence-corrected chi connectivity index (χ3v) is 5.62. The molecule has 6 nitrogen and oxygen atoms in total. The van der Waals surface area contributed by atoms with Crippen LogP contribution in [0.2, 0.25) is 0 Å². The Morgan fingerprint density at radius 2 is 2.04 bits per heavy atom. The summed E-state index contributed by atoms with van der Waals surface area (Å²) in [6, 6.07) is 9.43. The normalized spacial score (nSPS) is 18.7. The van der Waals surface area contributed by atoms with Crippen LogP contribution in [0.15, 0.2) is 41.0 Å². The van der Waals surface area contributed by atoms with E-state index in [1.807, 2.05) is 30.3 Å². The van der Waals surface area contributed by atoms with E-state index >= 15 is 0 Å². The van der Waals surface area contributed by atoms with Gasteiger partial charge in [0, 0.05) is 17.2 Å². The number of nitrogens with zero attached hydrogens (tertiary/aromatic N) is 2. The molecule has 2 heterocycles. The van der Waals surface area contributed by atoms with Crippen molar-refractivity contribution in [3.8, 4) is 11.5 Å². The number of carboxylic acid groups (broad SMARTS) is 1. The van der Waals surface area contributed by atoms with E-state index in [2.05, 4.69) is 25.8 Å². The quantitative estimate of drug-likeness (QED) is 0.746. The summed E-state index contributed by atoms with van der Waals surface area (Å²) in [4.78, 5) is 18.3. The molecule has 3 rings (SSSR count). The van der Waals surface area contributed by atoms with Gasteiger partial charge in [-0.1, -0.05) is 22.0 Å². The number of ether oxygens (including phenoxy) is 2. The van der Waals surface area contributed by atoms with Crippen LogP contribution in [-0.2, 0) is 4.79 Å². The fourth-order valence-electron chi connectivity index (χ4n) is 3.60. The molecule has 2 aromatic rings. The van der Waals surface area contributed by atoms with Gasteiger partial charge in [0.05, 0.1) is 31.9 Å². The first kappa shape index (κ1) is 19.6. The summed E-state index contributed by atoms with van der Waals surface area (Å²) in [5.41, 5.74) is 1.84. The minimum Gasteiger partial charge on any atom is -0.493 e. The molecular weight excluding hydrogens is 412 g/mol. The van der Waals surface area contributed by atoms with Crippen LogP contribution in [0.4, 0.5) is 0 Å². The molecule has 144 valence electrons. The van der Waals surface area contributed by atoms with Crippen LogP contribution < -0.4 is 9.47 Å². The minimum absolute atomic E-state index is 0.178.